The summed E-state index contributed by atoms with van der Waals surface area (Å²) >= 11 is 0. The van der Waals surface area contributed by atoms with Crippen LogP contribution in [0.3, 0.4) is 0 Å². The second-order valence-electron chi connectivity index (χ2n) is 5.76. The molecule has 0 radical (unpaired) electrons. The van der Waals surface area contributed by atoms with Gasteiger partial charge in [0.25, 0.3) is 0 Å². The van der Waals surface area contributed by atoms with E-state index in [4.69, 9.17) is 0 Å². The molecule has 0 aromatic heterocycles. The second-order valence-corrected chi connectivity index (χ2v) is 5.76. The molecule has 0 aliphatic heterocycles. The zero-order valence-corrected chi connectivity index (χ0v) is 12.5. The fourth-order valence-electron chi connectivity index (χ4n) is 2.99. The van der Waals surface area contributed by atoms with Crippen LogP contribution in [-0.4, -0.2) is 0 Å². The quantitative estimate of drug-likeness (QED) is 0.457. The molecule has 0 bridgehead atoms. The molecule has 22 heavy (non-hydrogen) atoms. The molecule has 1 saturated carbocycles. The van der Waals surface area contributed by atoms with E-state index in [1.807, 2.05) is 25.2 Å². The molecule has 0 unspecified atom stereocenters. The van der Waals surface area contributed by atoms with Crippen LogP contribution in [0.4, 0.5) is 17.6 Å². The first kappa shape index (κ1) is 16.8. The van der Waals surface area contributed by atoms with Gasteiger partial charge in [-0.2, -0.15) is 13.2 Å². The number of halogens is 4. The molecule has 0 spiro atoms. The maximum absolute atomic E-state index is 13.6. The highest BCUT2D eigenvalue weighted by Crippen LogP contribution is 2.38. The molecule has 4 heteroatoms. The number of alkyl halides is 3. The van der Waals surface area contributed by atoms with Crippen molar-refractivity contribution in [3.63, 3.8) is 0 Å². The van der Waals surface area contributed by atoms with Crippen LogP contribution in [0.25, 0.3) is 0 Å². The molecule has 1 fully saturated rings. The van der Waals surface area contributed by atoms with E-state index < -0.39 is 17.6 Å². The van der Waals surface area contributed by atoms with E-state index >= 15 is 0 Å². The van der Waals surface area contributed by atoms with Gasteiger partial charge in [0.15, 0.2) is 0 Å². The van der Waals surface area contributed by atoms with Crippen LogP contribution in [0.5, 0.6) is 0 Å². The van der Waals surface area contributed by atoms with Crippen LogP contribution in [0.15, 0.2) is 42.5 Å². The normalized spacial score (nSPS) is 23.5. The third kappa shape index (κ3) is 4.21. The summed E-state index contributed by atoms with van der Waals surface area (Å²) in [4.78, 5) is 0. The number of rotatable bonds is 3. The Balaban J connectivity index is 2.01. The average molecular weight is 312 g/mol. The van der Waals surface area contributed by atoms with Crippen molar-refractivity contribution in [3.05, 3.63) is 59.4 Å². The minimum atomic E-state index is -4.63. The number of hydrogen-bond donors (Lipinski definition) is 0. The molecule has 1 aliphatic rings. The van der Waals surface area contributed by atoms with Crippen LogP contribution in [-0.2, 0) is 6.18 Å². The van der Waals surface area contributed by atoms with Gasteiger partial charge in [-0.3, -0.25) is 0 Å². The smallest absolute Gasteiger partial charge is 0.206 e. The molecule has 120 valence electrons. The minimum absolute atomic E-state index is 0.156. The minimum Gasteiger partial charge on any atom is -0.206 e. The molecule has 1 aromatic carbocycles. The lowest BCUT2D eigenvalue weighted by Crippen LogP contribution is -2.13. The Labute approximate surface area is 128 Å². The van der Waals surface area contributed by atoms with Crippen LogP contribution < -0.4 is 0 Å². The first-order valence-electron chi connectivity index (χ1n) is 7.58. The molecule has 1 aliphatic carbocycles. The highest BCUT2D eigenvalue weighted by molar-refractivity contribution is 5.29. The summed E-state index contributed by atoms with van der Waals surface area (Å²) in [7, 11) is 0. The van der Waals surface area contributed by atoms with Gasteiger partial charge in [0.05, 0.1) is 5.56 Å². The predicted molar refractivity (Wildman–Crippen MR) is 80.1 cm³/mol. The Morgan fingerprint density at radius 3 is 2.27 bits per heavy atom. The summed E-state index contributed by atoms with van der Waals surface area (Å²) in [5.41, 5.74) is -0.499. The van der Waals surface area contributed by atoms with Gasteiger partial charge in [-0.05, 0) is 62.1 Å². The van der Waals surface area contributed by atoms with E-state index in [1.54, 1.807) is 0 Å². The third-order valence-corrected chi connectivity index (χ3v) is 4.23. The molecule has 0 amide bonds. The van der Waals surface area contributed by atoms with Crippen molar-refractivity contribution in [2.75, 3.05) is 0 Å². The van der Waals surface area contributed by atoms with Crippen molar-refractivity contribution in [1.29, 1.82) is 0 Å². The first-order valence-corrected chi connectivity index (χ1v) is 7.58. The summed E-state index contributed by atoms with van der Waals surface area (Å²) in [6, 6.07) is 3.35. The lowest BCUT2D eigenvalue weighted by Gasteiger charge is -2.27. The standard InChI is InChI=1S/C18H20F4/c1-2-3-4-5-13-6-8-14(9-7-13)15-10-11-16(17(19)12-15)18(20,21)22/h2-5,10-14H,6-9H2,1H3/b3-2+,5-4+. The summed E-state index contributed by atoms with van der Waals surface area (Å²) < 4.78 is 51.3. The molecular formula is C18H20F4. The predicted octanol–water partition coefficient (Wildman–Crippen LogP) is 6.25. The number of allylic oxidation sites excluding steroid dienone is 4. The van der Waals surface area contributed by atoms with Crippen LogP contribution in [0, 0.1) is 11.7 Å². The van der Waals surface area contributed by atoms with Gasteiger partial charge in [-0.15, -0.1) is 0 Å². The SMILES string of the molecule is C/C=C/C=C/C1CCC(c2ccc(C(F)(F)F)c(F)c2)CC1. The van der Waals surface area contributed by atoms with Gasteiger partial charge in [0.2, 0.25) is 0 Å². The van der Waals surface area contributed by atoms with Gasteiger partial charge in [-0.25, -0.2) is 4.39 Å². The molecule has 0 heterocycles. The summed E-state index contributed by atoms with van der Waals surface area (Å²) in [6.07, 6.45) is 7.27. The van der Waals surface area contributed by atoms with Gasteiger partial charge in [0.1, 0.15) is 5.82 Å². The monoisotopic (exact) mass is 312 g/mol. The second kappa shape index (κ2) is 7.12. The Morgan fingerprint density at radius 1 is 1.05 bits per heavy atom. The van der Waals surface area contributed by atoms with Gasteiger partial charge in [-0.1, -0.05) is 30.4 Å². The largest absolute Gasteiger partial charge is 0.419 e. The summed E-state index contributed by atoms with van der Waals surface area (Å²) in [5, 5.41) is 0. The Kier molecular flexibility index (Phi) is 5.43. The highest BCUT2D eigenvalue weighted by Gasteiger charge is 2.34. The van der Waals surface area contributed by atoms with Crippen molar-refractivity contribution in [1.82, 2.24) is 0 Å². The fraction of sp³-hybridized carbons (Fsp3) is 0.444. The lowest BCUT2D eigenvalue weighted by molar-refractivity contribution is -0.140. The zero-order chi connectivity index (χ0) is 16.2. The number of hydrogen-bond acceptors (Lipinski definition) is 0. The number of benzene rings is 1. The molecule has 1 aromatic rings. The lowest BCUT2D eigenvalue weighted by atomic mass is 9.78. The van der Waals surface area contributed by atoms with E-state index in [0.717, 1.165) is 37.8 Å². The average Bonchev–Trinajstić information content (AvgIpc) is 2.47. The maximum atomic E-state index is 13.6. The Hall–Kier alpha value is -1.58. The molecule has 0 saturated heterocycles. The first-order chi connectivity index (χ1) is 10.4. The maximum Gasteiger partial charge on any atom is 0.419 e. The van der Waals surface area contributed by atoms with Crippen molar-refractivity contribution in [3.8, 4) is 0 Å². The topological polar surface area (TPSA) is 0 Å². The highest BCUT2D eigenvalue weighted by atomic mass is 19.4. The van der Waals surface area contributed by atoms with Crippen LogP contribution in [0.2, 0.25) is 0 Å². The molecular weight excluding hydrogens is 292 g/mol. The zero-order valence-electron chi connectivity index (χ0n) is 12.5. The Bertz CT molecular complexity index is 547. The van der Waals surface area contributed by atoms with Crippen LogP contribution >= 0.6 is 0 Å². The van der Waals surface area contributed by atoms with E-state index in [-0.39, 0.29) is 5.92 Å². The summed E-state index contributed by atoms with van der Waals surface area (Å²) in [5.74, 6) is -0.505. The van der Waals surface area contributed by atoms with E-state index in [2.05, 4.69) is 6.08 Å². The van der Waals surface area contributed by atoms with Crippen molar-refractivity contribution in [2.45, 2.75) is 44.7 Å². The molecule has 0 nitrogen and oxygen atoms in total. The molecule has 2 rings (SSSR count). The van der Waals surface area contributed by atoms with E-state index in [1.165, 1.54) is 6.07 Å². The fourth-order valence-corrected chi connectivity index (χ4v) is 2.99. The van der Waals surface area contributed by atoms with Crippen LogP contribution in [0.1, 0.15) is 49.7 Å². The van der Waals surface area contributed by atoms with Crippen molar-refractivity contribution < 1.29 is 17.6 Å². The third-order valence-electron chi connectivity index (χ3n) is 4.23. The summed E-state index contributed by atoms with van der Waals surface area (Å²) in [6.45, 7) is 1.96. The van der Waals surface area contributed by atoms with Crippen molar-refractivity contribution >= 4 is 0 Å². The van der Waals surface area contributed by atoms with Gasteiger partial charge in [0, 0.05) is 0 Å². The van der Waals surface area contributed by atoms with E-state index in [9.17, 15) is 17.6 Å². The van der Waals surface area contributed by atoms with Crippen molar-refractivity contribution in [2.24, 2.45) is 5.92 Å². The molecule has 0 atom stereocenters. The molecule has 0 N–H and O–H groups in total. The van der Waals surface area contributed by atoms with Gasteiger partial charge < -0.3 is 0 Å². The van der Waals surface area contributed by atoms with E-state index in [0.29, 0.717) is 11.5 Å². The Morgan fingerprint density at radius 2 is 1.73 bits per heavy atom. The van der Waals surface area contributed by atoms with Gasteiger partial charge >= 0.3 is 6.18 Å².